The SMILES string of the molecule is CCCCn1ccnc(S(=O)(=O)Cc2ccccc2C)c1=O. The van der Waals surface area contributed by atoms with E-state index in [0.717, 1.165) is 18.4 Å². The van der Waals surface area contributed by atoms with Gasteiger partial charge in [-0.25, -0.2) is 13.4 Å². The molecule has 2 rings (SSSR count). The van der Waals surface area contributed by atoms with Crippen LogP contribution in [0.2, 0.25) is 0 Å². The molecule has 118 valence electrons. The van der Waals surface area contributed by atoms with E-state index in [-0.39, 0.29) is 10.8 Å². The highest BCUT2D eigenvalue weighted by molar-refractivity contribution is 7.90. The summed E-state index contributed by atoms with van der Waals surface area (Å²) >= 11 is 0. The summed E-state index contributed by atoms with van der Waals surface area (Å²) in [7, 11) is -3.76. The molecule has 0 saturated carbocycles. The Kier molecular flexibility index (Phi) is 5.13. The lowest BCUT2D eigenvalue weighted by molar-refractivity contribution is 0.570. The van der Waals surface area contributed by atoms with E-state index in [1.54, 1.807) is 12.1 Å². The van der Waals surface area contributed by atoms with E-state index in [2.05, 4.69) is 4.98 Å². The van der Waals surface area contributed by atoms with Gasteiger partial charge in [0.05, 0.1) is 5.75 Å². The first-order chi connectivity index (χ1) is 10.5. The fourth-order valence-electron chi connectivity index (χ4n) is 2.19. The summed E-state index contributed by atoms with van der Waals surface area (Å²) in [5.41, 5.74) is 1.03. The minimum Gasteiger partial charge on any atom is -0.312 e. The average Bonchev–Trinajstić information content (AvgIpc) is 2.48. The van der Waals surface area contributed by atoms with Crippen molar-refractivity contribution in [1.82, 2.24) is 9.55 Å². The zero-order chi connectivity index (χ0) is 16.2. The van der Waals surface area contributed by atoms with Gasteiger partial charge >= 0.3 is 0 Å². The fourth-order valence-corrected chi connectivity index (χ4v) is 3.67. The summed E-state index contributed by atoms with van der Waals surface area (Å²) in [6.45, 7) is 4.37. The van der Waals surface area contributed by atoms with Crippen LogP contribution in [0, 0.1) is 6.92 Å². The van der Waals surface area contributed by atoms with Crippen molar-refractivity contribution in [2.24, 2.45) is 0 Å². The number of aromatic nitrogens is 2. The van der Waals surface area contributed by atoms with Gasteiger partial charge in [-0.3, -0.25) is 4.79 Å². The standard InChI is InChI=1S/C16H20N2O3S/c1-3-4-10-18-11-9-17-15(16(18)19)22(20,21)12-14-8-6-5-7-13(14)2/h5-9,11H,3-4,10,12H2,1-2H3. The first-order valence-electron chi connectivity index (χ1n) is 7.28. The van der Waals surface area contributed by atoms with Gasteiger partial charge in [-0.05, 0) is 24.5 Å². The molecule has 0 aliphatic carbocycles. The summed E-state index contributed by atoms with van der Waals surface area (Å²) in [4.78, 5) is 16.1. The monoisotopic (exact) mass is 320 g/mol. The first-order valence-corrected chi connectivity index (χ1v) is 8.93. The topological polar surface area (TPSA) is 69.0 Å². The Balaban J connectivity index is 2.38. The molecule has 1 aromatic heterocycles. The number of hydrogen-bond donors (Lipinski definition) is 0. The third-order valence-electron chi connectivity index (χ3n) is 3.54. The Morgan fingerprint density at radius 2 is 1.95 bits per heavy atom. The van der Waals surface area contributed by atoms with Gasteiger partial charge in [0.25, 0.3) is 5.56 Å². The van der Waals surface area contributed by atoms with Crippen LogP contribution >= 0.6 is 0 Å². The minimum absolute atomic E-state index is 0.209. The van der Waals surface area contributed by atoms with Crippen LogP contribution < -0.4 is 5.56 Å². The lowest BCUT2D eigenvalue weighted by Gasteiger charge is -2.09. The number of unbranched alkanes of at least 4 members (excludes halogenated alkanes) is 1. The summed E-state index contributed by atoms with van der Waals surface area (Å²) in [5.74, 6) is -0.209. The van der Waals surface area contributed by atoms with Crippen molar-refractivity contribution in [3.63, 3.8) is 0 Å². The molecule has 0 N–H and O–H groups in total. The third-order valence-corrected chi connectivity index (χ3v) is 5.10. The Labute approximate surface area is 130 Å². The largest absolute Gasteiger partial charge is 0.312 e. The fraction of sp³-hybridized carbons (Fsp3) is 0.375. The maximum atomic E-state index is 12.5. The number of hydrogen-bond acceptors (Lipinski definition) is 4. The molecule has 0 amide bonds. The zero-order valence-electron chi connectivity index (χ0n) is 12.8. The van der Waals surface area contributed by atoms with Crippen molar-refractivity contribution in [3.8, 4) is 0 Å². The van der Waals surface area contributed by atoms with E-state index in [1.807, 2.05) is 26.0 Å². The maximum Gasteiger partial charge on any atom is 0.288 e. The molecule has 0 aliphatic heterocycles. The van der Waals surface area contributed by atoms with Crippen molar-refractivity contribution in [1.29, 1.82) is 0 Å². The van der Waals surface area contributed by atoms with Crippen molar-refractivity contribution >= 4 is 9.84 Å². The van der Waals surface area contributed by atoms with Gasteiger partial charge in [-0.15, -0.1) is 0 Å². The highest BCUT2D eigenvalue weighted by Crippen LogP contribution is 2.15. The lowest BCUT2D eigenvalue weighted by Crippen LogP contribution is -2.27. The van der Waals surface area contributed by atoms with Crippen LogP contribution in [0.4, 0.5) is 0 Å². The molecule has 6 heteroatoms. The second kappa shape index (κ2) is 6.87. The van der Waals surface area contributed by atoms with Crippen LogP contribution in [0.15, 0.2) is 46.5 Å². The molecule has 1 aromatic carbocycles. The van der Waals surface area contributed by atoms with Gasteiger partial charge < -0.3 is 4.57 Å². The van der Waals surface area contributed by atoms with Gasteiger partial charge in [0.2, 0.25) is 14.9 Å². The second-order valence-electron chi connectivity index (χ2n) is 5.27. The molecule has 0 saturated heterocycles. The normalized spacial score (nSPS) is 11.5. The Morgan fingerprint density at radius 1 is 1.23 bits per heavy atom. The Morgan fingerprint density at radius 3 is 2.64 bits per heavy atom. The molecule has 0 atom stereocenters. The van der Waals surface area contributed by atoms with Crippen molar-refractivity contribution in [2.75, 3.05) is 0 Å². The molecule has 0 radical (unpaired) electrons. The van der Waals surface area contributed by atoms with Gasteiger partial charge in [-0.1, -0.05) is 37.6 Å². The molecule has 0 aliphatic rings. The molecule has 0 bridgehead atoms. The highest BCUT2D eigenvalue weighted by atomic mass is 32.2. The van der Waals surface area contributed by atoms with Crippen molar-refractivity contribution in [3.05, 3.63) is 58.1 Å². The molecule has 0 unspecified atom stereocenters. The molecular weight excluding hydrogens is 300 g/mol. The van der Waals surface area contributed by atoms with Crippen molar-refractivity contribution < 1.29 is 8.42 Å². The Hall–Kier alpha value is -1.95. The first kappa shape index (κ1) is 16.4. The predicted molar refractivity (Wildman–Crippen MR) is 85.5 cm³/mol. The molecular formula is C16H20N2O3S. The minimum atomic E-state index is -3.76. The van der Waals surface area contributed by atoms with Crippen LogP contribution in [-0.2, 0) is 22.1 Å². The van der Waals surface area contributed by atoms with Crippen LogP contribution in [0.5, 0.6) is 0 Å². The number of rotatable bonds is 6. The molecule has 1 heterocycles. The highest BCUT2D eigenvalue weighted by Gasteiger charge is 2.22. The summed E-state index contributed by atoms with van der Waals surface area (Å²) in [5, 5.41) is -0.366. The zero-order valence-corrected chi connectivity index (χ0v) is 13.6. The van der Waals surface area contributed by atoms with E-state index in [9.17, 15) is 13.2 Å². The number of aryl methyl sites for hydroxylation is 2. The third kappa shape index (κ3) is 3.62. The van der Waals surface area contributed by atoms with E-state index >= 15 is 0 Å². The van der Waals surface area contributed by atoms with Crippen molar-refractivity contribution in [2.45, 2.75) is 44.0 Å². The summed E-state index contributed by atoms with van der Waals surface area (Å²) in [6.07, 6.45) is 4.66. The molecule has 2 aromatic rings. The van der Waals surface area contributed by atoms with Gasteiger partial charge in [0, 0.05) is 18.9 Å². The van der Waals surface area contributed by atoms with E-state index in [1.165, 1.54) is 17.0 Å². The van der Waals surface area contributed by atoms with E-state index < -0.39 is 15.4 Å². The van der Waals surface area contributed by atoms with Gasteiger partial charge in [0.15, 0.2) is 0 Å². The van der Waals surface area contributed by atoms with E-state index in [4.69, 9.17) is 0 Å². The average molecular weight is 320 g/mol. The number of sulfone groups is 1. The molecule has 22 heavy (non-hydrogen) atoms. The van der Waals surface area contributed by atoms with Crippen LogP contribution in [0.3, 0.4) is 0 Å². The molecule has 0 fully saturated rings. The number of nitrogens with zero attached hydrogens (tertiary/aromatic N) is 2. The predicted octanol–water partition coefficient (Wildman–Crippen LogP) is 2.33. The maximum absolute atomic E-state index is 12.5. The lowest BCUT2D eigenvalue weighted by atomic mass is 10.1. The summed E-state index contributed by atoms with van der Waals surface area (Å²) < 4.78 is 26.5. The van der Waals surface area contributed by atoms with Crippen LogP contribution in [0.25, 0.3) is 0 Å². The molecule has 5 nitrogen and oxygen atoms in total. The summed E-state index contributed by atoms with van der Waals surface area (Å²) in [6, 6.07) is 7.24. The van der Waals surface area contributed by atoms with Gasteiger partial charge in [-0.2, -0.15) is 0 Å². The smallest absolute Gasteiger partial charge is 0.288 e. The quantitative estimate of drug-likeness (QED) is 0.819. The second-order valence-corrected chi connectivity index (χ2v) is 7.17. The number of benzene rings is 1. The Bertz CT molecular complexity index is 810. The van der Waals surface area contributed by atoms with Crippen LogP contribution in [-0.4, -0.2) is 18.0 Å². The molecule has 0 spiro atoms. The van der Waals surface area contributed by atoms with E-state index in [0.29, 0.717) is 12.1 Å². The van der Waals surface area contributed by atoms with Crippen LogP contribution in [0.1, 0.15) is 30.9 Å². The van der Waals surface area contributed by atoms with Gasteiger partial charge in [0.1, 0.15) is 0 Å².